The molecule has 0 saturated carbocycles. The average molecular weight is 380 g/mol. The van der Waals surface area contributed by atoms with Crippen molar-refractivity contribution in [2.45, 2.75) is 12.5 Å². The molecule has 2 rings (SSSR count). The maximum Gasteiger partial charge on any atom is 0.132 e. The minimum Gasteiger partial charge on any atom is -0.271 e. The van der Waals surface area contributed by atoms with Crippen molar-refractivity contribution < 1.29 is 13.2 Å². The smallest absolute Gasteiger partial charge is 0.132 e. The molecule has 1 atom stereocenters. The number of hydrogen-bond acceptors (Lipinski definition) is 2. The fraction of sp³-hybridized carbons (Fsp3) is 0.143. The summed E-state index contributed by atoms with van der Waals surface area (Å²) < 4.78 is 41.9. The van der Waals surface area contributed by atoms with Gasteiger partial charge in [0, 0.05) is 15.1 Å². The molecule has 0 aliphatic heterocycles. The molecule has 0 fully saturated rings. The summed E-state index contributed by atoms with van der Waals surface area (Å²) in [6, 6.07) is 5.44. The van der Waals surface area contributed by atoms with E-state index in [1.54, 1.807) is 0 Å². The molecule has 0 radical (unpaired) electrons. The molecule has 1 unspecified atom stereocenters. The molecule has 0 spiro atoms. The van der Waals surface area contributed by atoms with Gasteiger partial charge in [-0.2, -0.15) is 0 Å². The molecule has 112 valence electrons. The second kappa shape index (κ2) is 6.79. The van der Waals surface area contributed by atoms with E-state index in [9.17, 15) is 13.2 Å². The number of hydrazine groups is 1. The Balaban J connectivity index is 2.37. The summed E-state index contributed by atoms with van der Waals surface area (Å²) in [5, 5.41) is 0.245. The minimum atomic E-state index is -0.909. The highest BCUT2D eigenvalue weighted by Crippen LogP contribution is 2.28. The third kappa shape index (κ3) is 3.77. The summed E-state index contributed by atoms with van der Waals surface area (Å²) >= 11 is 8.66. The van der Waals surface area contributed by atoms with Gasteiger partial charge < -0.3 is 0 Å². The number of hydrogen-bond donors (Lipinski definition) is 2. The van der Waals surface area contributed by atoms with Crippen LogP contribution in [0, 0.1) is 17.5 Å². The van der Waals surface area contributed by atoms with E-state index in [-0.39, 0.29) is 27.0 Å². The third-order valence-electron chi connectivity index (χ3n) is 3.03. The number of rotatable bonds is 4. The second-order valence-corrected chi connectivity index (χ2v) is 5.79. The molecule has 2 aromatic rings. The van der Waals surface area contributed by atoms with Crippen molar-refractivity contribution in [1.82, 2.24) is 5.43 Å². The van der Waals surface area contributed by atoms with Crippen LogP contribution in [-0.4, -0.2) is 0 Å². The SMILES string of the molecule is NNC(Cc1ccc(Cl)cc1F)c1c(F)cc(Br)cc1F. The molecule has 0 saturated heterocycles. The molecular formula is C14H11BrClF3N2. The highest BCUT2D eigenvalue weighted by molar-refractivity contribution is 9.10. The predicted octanol–water partition coefficient (Wildman–Crippen LogP) is 4.27. The first-order valence-corrected chi connectivity index (χ1v) is 7.14. The van der Waals surface area contributed by atoms with Crippen LogP contribution in [0.25, 0.3) is 0 Å². The van der Waals surface area contributed by atoms with Gasteiger partial charge in [-0.05, 0) is 36.2 Å². The fourth-order valence-electron chi connectivity index (χ4n) is 2.04. The lowest BCUT2D eigenvalue weighted by Crippen LogP contribution is -2.31. The Hall–Kier alpha value is -1.08. The molecule has 3 N–H and O–H groups in total. The summed E-state index contributed by atoms with van der Waals surface area (Å²) in [5.41, 5.74) is 2.33. The lowest BCUT2D eigenvalue weighted by Gasteiger charge is -2.18. The van der Waals surface area contributed by atoms with Gasteiger partial charge >= 0.3 is 0 Å². The van der Waals surface area contributed by atoms with Crippen molar-refractivity contribution in [2.75, 3.05) is 0 Å². The van der Waals surface area contributed by atoms with E-state index in [1.807, 2.05) is 0 Å². The minimum absolute atomic E-state index is 0.0189. The molecule has 0 heterocycles. The van der Waals surface area contributed by atoms with Gasteiger partial charge in [-0.15, -0.1) is 0 Å². The van der Waals surface area contributed by atoms with E-state index in [2.05, 4.69) is 21.4 Å². The maximum absolute atomic E-state index is 13.9. The highest BCUT2D eigenvalue weighted by Gasteiger charge is 2.21. The molecule has 0 amide bonds. The van der Waals surface area contributed by atoms with E-state index < -0.39 is 23.5 Å². The Morgan fingerprint density at radius 2 is 1.71 bits per heavy atom. The van der Waals surface area contributed by atoms with Crippen LogP contribution < -0.4 is 11.3 Å². The lowest BCUT2D eigenvalue weighted by molar-refractivity contribution is 0.465. The van der Waals surface area contributed by atoms with Crippen LogP contribution in [0.5, 0.6) is 0 Å². The van der Waals surface area contributed by atoms with E-state index >= 15 is 0 Å². The monoisotopic (exact) mass is 378 g/mol. The summed E-state index contributed by atoms with van der Waals surface area (Å²) in [4.78, 5) is 0. The number of halogens is 5. The first-order chi connectivity index (χ1) is 9.92. The van der Waals surface area contributed by atoms with Crippen LogP contribution in [0.4, 0.5) is 13.2 Å². The van der Waals surface area contributed by atoms with Crippen LogP contribution in [0.2, 0.25) is 5.02 Å². The second-order valence-electron chi connectivity index (χ2n) is 4.44. The van der Waals surface area contributed by atoms with Crippen molar-refractivity contribution in [1.29, 1.82) is 0 Å². The van der Waals surface area contributed by atoms with E-state index in [0.717, 1.165) is 18.2 Å². The van der Waals surface area contributed by atoms with Crippen molar-refractivity contribution in [3.8, 4) is 0 Å². The molecule has 0 aliphatic rings. The maximum atomic E-state index is 13.9. The number of nitrogens with two attached hydrogens (primary N) is 1. The van der Waals surface area contributed by atoms with Gasteiger partial charge in [0.25, 0.3) is 0 Å². The Labute approximate surface area is 133 Å². The zero-order valence-electron chi connectivity index (χ0n) is 10.6. The zero-order chi connectivity index (χ0) is 15.6. The van der Waals surface area contributed by atoms with E-state index in [4.69, 9.17) is 17.4 Å². The largest absolute Gasteiger partial charge is 0.271 e. The number of nitrogens with one attached hydrogen (secondary N) is 1. The fourth-order valence-corrected chi connectivity index (χ4v) is 2.60. The van der Waals surface area contributed by atoms with Crippen LogP contribution in [-0.2, 0) is 6.42 Å². The Bertz CT molecular complexity index is 644. The van der Waals surface area contributed by atoms with E-state index in [1.165, 1.54) is 12.1 Å². The van der Waals surface area contributed by atoms with Gasteiger partial charge in [-0.3, -0.25) is 11.3 Å². The Morgan fingerprint density at radius 3 is 2.24 bits per heavy atom. The van der Waals surface area contributed by atoms with Gasteiger partial charge in [0.05, 0.1) is 6.04 Å². The normalized spacial score (nSPS) is 12.5. The van der Waals surface area contributed by atoms with Crippen molar-refractivity contribution in [3.63, 3.8) is 0 Å². The van der Waals surface area contributed by atoms with Crippen molar-refractivity contribution >= 4 is 27.5 Å². The van der Waals surface area contributed by atoms with Crippen LogP contribution >= 0.6 is 27.5 Å². The summed E-state index contributed by atoms with van der Waals surface area (Å²) in [6.07, 6.45) is -0.0189. The molecule has 7 heteroatoms. The average Bonchev–Trinajstić information content (AvgIpc) is 2.39. The van der Waals surface area contributed by atoms with Gasteiger partial charge in [-0.25, -0.2) is 13.2 Å². The first-order valence-electron chi connectivity index (χ1n) is 5.97. The van der Waals surface area contributed by atoms with Gasteiger partial charge in [0.2, 0.25) is 0 Å². The van der Waals surface area contributed by atoms with Crippen molar-refractivity contribution in [3.05, 3.63) is 68.4 Å². The summed E-state index contributed by atoms with van der Waals surface area (Å²) in [5.74, 6) is 3.28. The topological polar surface area (TPSA) is 38.0 Å². The predicted molar refractivity (Wildman–Crippen MR) is 79.2 cm³/mol. The molecule has 2 nitrogen and oxygen atoms in total. The number of benzene rings is 2. The Kier molecular flexibility index (Phi) is 5.27. The standard InChI is InChI=1S/C14H11BrClF3N2/c15-8-4-11(18)14(12(19)5-8)13(21-20)3-7-1-2-9(16)6-10(7)17/h1-2,4-6,13,21H,3,20H2. The summed E-state index contributed by atoms with van der Waals surface area (Å²) in [6.45, 7) is 0. The molecule has 0 aliphatic carbocycles. The first kappa shape index (κ1) is 16.3. The molecule has 2 aromatic carbocycles. The van der Waals surface area contributed by atoms with Crippen LogP contribution in [0.3, 0.4) is 0 Å². The van der Waals surface area contributed by atoms with Gasteiger partial charge in [-0.1, -0.05) is 33.6 Å². The zero-order valence-corrected chi connectivity index (χ0v) is 13.0. The quantitative estimate of drug-likeness (QED) is 0.615. The van der Waals surface area contributed by atoms with Crippen LogP contribution in [0.15, 0.2) is 34.8 Å². The third-order valence-corrected chi connectivity index (χ3v) is 3.73. The van der Waals surface area contributed by atoms with Crippen LogP contribution in [0.1, 0.15) is 17.2 Å². The summed E-state index contributed by atoms with van der Waals surface area (Å²) in [7, 11) is 0. The van der Waals surface area contributed by atoms with Crippen molar-refractivity contribution in [2.24, 2.45) is 5.84 Å². The van der Waals surface area contributed by atoms with E-state index in [0.29, 0.717) is 0 Å². The molecular weight excluding hydrogens is 369 g/mol. The van der Waals surface area contributed by atoms with Gasteiger partial charge in [0.15, 0.2) is 0 Å². The molecule has 0 aromatic heterocycles. The highest BCUT2D eigenvalue weighted by atomic mass is 79.9. The molecule has 21 heavy (non-hydrogen) atoms. The molecule has 0 bridgehead atoms. The Morgan fingerprint density at radius 1 is 1.10 bits per heavy atom. The van der Waals surface area contributed by atoms with Gasteiger partial charge in [0.1, 0.15) is 17.5 Å². The lowest BCUT2D eigenvalue weighted by atomic mass is 9.98.